The minimum atomic E-state index is -3.75. The molecule has 6 heteroatoms. The molecule has 1 amide bonds. The monoisotopic (exact) mass is 242 g/mol. The van der Waals surface area contributed by atoms with Crippen molar-refractivity contribution in [3.63, 3.8) is 0 Å². The molecule has 1 aromatic rings. The predicted octanol–water partition coefficient (Wildman–Crippen LogP) is 0.909. The van der Waals surface area contributed by atoms with Gasteiger partial charge in [-0.15, -0.1) is 0 Å². The van der Waals surface area contributed by atoms with Crippen LogP contribution in [-0.4, -0.2) is 14.3 Å². The van der Waals surface area contributed by atoms with Crippen molar-refractivity contribution in [3.8, 4) is 0 Å². The number of sulfonamides is 1. The first kappa shape index (κ1) is 12.7. The van der Waals surface area contributed by atoms with Gasteiger partial charge in [-0.25, -0.2) is 13.6 Å². The lowest BCUT2D eigenvalue weighted by molar-refractivity contribution is -0.114. The molecule has 0 fully saturated rings. The molecule has 0 aliphatic heterocycles. The second kappa shape index (κ2) is 4.23. The highest BCUT2D eigenvalue weighted by Crippen LogP contribution is 2.23. The fourth-order valence-electron chi connectivity index (χ4n) is 1.31. The van der Waals surface area contributed by atoms with Crippen LogP contribution >= 0.6 is 0 Å². The van der Waals surface area contributed by atoms with Crippen LogP contribution in [0.1, 0.15) is 18.1 Å². The van der Waals surface area contributed by atoms with Crippen molar-refractivity contribution in [2.75, 3.05) is 5.32 Å². The van der Waals surface area contributed by atoms with E-state index in [1.54, 1.807) is 13.8 Å². The Morgan fingerprint density at radius 2 is 1.88 bits per heavy atom. The van der Waals surface area contributed by atoms with E-state index < -0.39 is 10.0 Å². The highest BCUT2D eigenvalue weighted by Gasteiger charge is 2.12. The van der Waals surface area contributed by atoms with Crippen LogP contribution < -0.4 is 10.5 Å². The lowest BCUT2D eigenvalue weighted by Gasteiger charge is -2.11. The number of benzene rings is 1. The van der Waals surface area contributed by atoms with E-state index in [-0.39, 0.29) is 10.8 Å². The van der Waals surface area contributed by atoms with Crippen molar-refractivity contribution in [2.45, 2.75) is 25.7 Å². The summed E-state index contributed by atoms with van der Waals surface area (Å²) in [5.74, 6) is -0.255. The molecule has 0 aromatic heterocycles. The van der Waals surface area contributed by atoms with Crippen LogP contribution in [0, 0.1) is 13.8 Å². The van der Waals surface area contributed by atoms with Crippen LogP contribution in [0.25, 0.3) is 0 Å². The van der Waals surface area contributed by atoms with Crippen LogP contribution in [0.4, 0.5) is 5.69 Å². The minimum absolute atomic E-state index is 0.000602. The van der Waals surface area contributed by atoms with Gasteiger partial charge in [-0.3, -0.25) is 4.79 Å². The fourth-order valence-corrected chi connectivity index (χ4v) is 1.93. The summed E-state index contributed by atoms with van der Waals surface area (Å²) in [6.45, 7) is 4.92. The summed E-state index contributed by atoms with van der Waals surface area (Å²) in [6, 6.07) is 2.84. The van der Waals surface area contributed by atoms with Gasteiger partial charge >= 0.3 is 0 Å². The summed E-state index contributed by atoms with van der Waals surface area (Å²) in [5, 5.41) is 7.60. The molecule has 0 radical (unpaired) electrons. The van der Waals surface area contributed by atoms with Crippen LogP contribution in [0.3, 0.4) is 0 Å². The van der Waals surface area contributed by atoms with Crippen molar-refractivity contribution in [3.05, 3.63) is 23.3 Å². The van der Waals surface area contributed by atoms with Gasteiger partial charge in [0.25, 0.3) is 0 Å². The van der Waals surface area contributed by atoms with Crippen LogP contribution in [0.15, 0.2) is 17.0 Å². The maximum absolute atomic E-state index is 11.2. The van der Waals surface area contributed by atoms with E-state index in [0.29, 0.717) is 5.69 Å². The number of anilines is 1. The Labute approximate surface area is 94.7 Å². The van der Waals surface area contributed by atoms with E-state index >= 15 is 0 Å². The first-order valence-corrected chi connectivity index (χ1v) is 6.18. The van der Waals surface area contributed by atoms with Crippen molar-refractivity contribution >= 4 is 21.6 Å². The average Bonchev–Trinajstić information content (AvgIpc) is 2.10. The molecule has 1 aromatic carbocycles. The van der Waals surface area contributed by atoms with Crippen LogP contribution in [0.2, 0.25) is 0 Å². The second-order valence-corrected chi connectivity index (χ2v) is 5.20. The number of hydrogen-bond donors (Lipinski definition) is 2. The number of nitrogens with one attached hydrogen (secondary N) is 1. The molecule has 0 aliphatic rings. The molecule has 16 heavy (non-hydrogen) atoms. The topological polar surface area (TPSA) is 89.3 Å². The van der Waals surface area contributed by atoms with Gasteiger partial charge in [-0.05, 0) is 37.1 Å². The number of amides is 1. The third-order valence-corrected chi connectivity index (χ3v) is 3.17. The summed E-state index contributed by atoms with van der Waals surface area (Å²) in [7, 11) is -3.75. The average molecular weight is 242 g/mol. The summed E-state index contributed by atoms with van der Waals surface area (Å²) < 4.78 is 22.4. The molecule has 0 bridgehead atoms. The normalized spacial score (nSPS) is 11.2. The quantitative estimate of drug-likeness (QED) is 0.807. The van der Waals surface area contributed by atoms with Crippen molar-refractivity contribution in [1.29, 1.82) is 0 Å². The molecule has 0 spiro atoms. The number of hydrogen-bond acceptors (Lipinski definition) is 3. The second-order valence-electron chi connectivity index (χ2n) is 3.64. The molecule has 0 aliphatic carbocycles. The highest BCUT2D eigenvalue weighted by molar-refractivity contribution is 7.89. The maximum atomic E-state index is 11.2. The molecule has 0 atom stereocenters. The summed E-state index contributed by atoms with van der Waals surface area (Å²) in [5.41, 5.74) is 2.05. The maximum Gasteiger partial charge on any atom is 0.238 e. The molecule has 0 unspecified atom stereocenters. The first-order chi connectivity index (χ1) is 7.21. The fraction of sp³-hybridized carbons (Fsp3) is 0.300. The Bertz CT molecular complexity index is 535. The molecular formula is C10H14N2O3S. The number of aryl methyl sites for hydroxylation is 1. The van der Waals surface area contributed by atoms with Gasteiger partial charge < -0.3 is 5.32 Å². The molecule has 1 rings (SSSR count). The highest BCUT2D eigenvalue weighted by atomic mass is 32.2. The van der Waals surface area contributed by atoms with Crippen molar-refractivity contribution < 1.29 is 13.2 Å². The van der Waals surface area contributed by atoms with Gasteiger partial charge in [0.05, 0.1) is 4.90 Å². The van der Waals surface area contributed by atoms with Gasteiger partial charge in [-0.1, -0.05) is 0 Å². The van der Waals surface area contributed by atoms with E-state index in [9.17, 15) is 13.2 Å². The minimum Gasteiger partial charge on any atom is -0.326 e. The molecular weight excluding hydrogens is 228 g/mol. The Hall–Kier alpha value is -1.40. The Morgan fingerprint density at radius 1 is 1.31 bits per heavy atom. The zero-order chi connectivity index (χ0) is 12.5. The largest absolute Gasteiger partial charge is 0.326 e. The first-order valence-electron chi connectivity index (χ1n) is 4.63. The number of carbonyl (C=O) groups excluding carboxylic acids is 1. The SMILES string of the molecule is CC(=O)Nc1cc(S(N)(=O)=O)cc(C)c1C. The van der Waals surface area contributed by atoms with Crippen molar-refractivity contribution in [2.24, 2.45) is 5.14 Å². The summed E-state index contributed by atoms with van der Waals surface area (Å²) in [4.78, 5) is 10.9. The third kappa shape index (κ3) is 2.80. The number of carbonyl (C=O) groups is 1. The zero-order valence-corrected chi connectivity index (χ0v) is 10.2. The Morgan fingerprint density at radius 3 is 2.31 bits per heavy atom. The lowest BCUT2D eigenvalue weighted by Crippen LogP contribution is -2.14. The summed E-state index contributed by atoms with van der Waals surface area (Å²) in [6.07, 6.45) is 0. The van der Waals surface area contributed by atoms with E-state index in [1.165, 1.54) is 19.1 Å². The van der Waals surface area contributed by atoms with E-state index in [1.807, 2.05) is 0 Å². The van der Waals surface area contributed by atoms with Crippen LogP contribution in [-0.2, 0) is 14.8 Å². The number of nitrogens with two attached hydrogens (primary N) is 1. The third-order valence-electron chi connectivity index (χ3n) is 2.28. The molecule has 0 heterocycles. The summed E-state index contributed by atoms with van der Waals surface area (Å²) >= 11 is 0. The smallest absolute Gasteiger partial charge is 0.238 e. The van der Waals surface area contributed by atoms with Gasteiger partial charge in [0.1, 0.15) is 0 Å². The van der Waals surface area contributed by atoms with E-state index in [4.69, 9.17) is 5.14 Å². The van der Waals surface area contributed by atoms with Gasteiger partial charge in [0.15, 0.2) is 0 Å². The van der Waals surface area contributed by atoms with Gasteiger partial charge in [-0.2, -0.15) is 0 Å². The molecule has 0 saturated heterocycles. The predicted molar refractivity (Wildman–Crippen MR) is 61.6 cm³/mol. The van der Waals surface area contributed by atoms with Gasteiger partial charge in [0, 0.05) is 12.6 Å². The van der Waals surface area contributed by atoms with Crippen LogP contribution in [0.5, 0.6) is 0 Å². The number of rotatable bonds is 2. The van der Waals surface area contributed by atoms with E-state index in [2.05, 4.69) is 5.32 Å². The molecule has 0 saturated carbocycles. The van der Waals surface area contributed by atoms with E-state index in [0.717, 1.165) is 11.1 Å². The lowest BCUT2D eigenvalue weighted by atomic mass is 10.1. The molecule has 5 nitrogen and oxygen atoms in total. The standard InChI is InChI=1S/C10H14N2O3S/c1-6-4-9(16(11,14)15)5-10(7(6)2)12-8(3)13/h4-5H,1-3H3,(H,12,13)(H2,11,14,15). The zero-order valence-electron chi connectivity index (χ0n) is 9.37. The molecule has 3 N–H and O–H groups in total. The van der Waals surface area contributed by atoms with Gasteiger partial charge in [0.2, 0.25) is 15.9 Å². The number of primary sulfonamides is 1. The van der Waals surface area contributed by atoms with Crippen molar-refractivity contribution in [1.82, 2.24) is 0 Å². The molecule has 88 valence electrons. The Kier molecular flexibility index (Phi) is 3.35. The Balaban J connectivity index is 3.39.